The highest BCUT2D eigenvalue weighted by atomic mass is 32.1. The summed E-state index contributed by atoms with van der Waals surface area (Å²) in [5, 5.41) is 13.4. The second-order valence-electron chi connectivity index (χ2n) is 6.98. The van der Waals surface area contributed by atoms with E-state index in [1.807, 2.05) is 4.90 Å². The smallest absolute Gasteiger partial charge is 0.238 e. The number of halogens is 2. The van der Waals surface area contributed by atoms with Crippen LogP contribution in [0.25, 0.3) is 0 Å². The molecular formula is C18H20F2N4OS. The molecule has 1 aliphatic heterocycles. The number of nitrogens with zero attached hydrogens (tertiary/aromatic N) is 3. The molecule has 0 unspecified atom stereocenters. The summed E-state index contributed by atoms with van der Waals surface area (Å²) in [6.45, 7) is 1.73. The molecule has 8 heteroatoms. The number of piperidine rings is 1. The summed E-state index contributed by atoms with van der Waals surface area (Å²) < 4.78 is 26.8. The van der Waals surface area contributed by atoms with Crippen LogP contribution in [0.4, 0.5) is 14.5 Å². The van der Waals surface area contributed by atoms with Gasteiger partial charge >= 0.3 is 0 Å². The third kappa shape index (κ3) is 4.07. The fourth-order valence-electron chi connectivity index (χ4n) is 3.23. The van der Waals surface area contributed by atoms with Crippen molar-refractivity contribution in [3.05, 3.63) is 39.8 Å². The first-order valence-corrected chi connectivity index (χ1v) is 9.70. The molecule has 1 aromatic heterocycles. The molecule has 0 bridgehead atoms. The largest absolute Gasteiger partial charge is 0.322 e. The Kier molecular flexibility index (Phi) is 4.95. The van der Waals surface area contributed by atoms with Gasteiger partial charge in [0.1, 0.15) is 21.6 Å². The van der Waals surface area contributed by atoms with Gasteiger partial charge in [0.2, 0.25) is 5.91 Å². The minimum Gasteiger partial charge on any atom is -0.322 e. The zero-order chi connectivity index (χ0) is 18.1. The molecule has 1 aromatic carbocycles. The lowest BCUT2D eigenvalue weighted by Gasteiger charge is -2.30. The predicted octanol–water partition coefficient (Wildman–Crippen LogP) is 3.51. The van der Waals surface area contributed by atoms with Crippen LogP contribution in [-0.4, -0.2) is 40.6 Å². The van der Waals surface area contributed by atoms with Gasteiger partial charge in [-0.25, -0.2) is 8.78 Å². The molecule has 2 fully saturated rings. The second kappa shape index (κ2) is 7.36. The number of hydrogen-bond acceptors (Lipinski definition) is 5. The maximum absolute atomic E-state index is 13.6. The van der Waals surface area contributed by atoms with Gasteiger partial charge in [0.05, 0.1) is 12.2 Å². The number of carbonyl (C=O) groups excluding carboxylic acids is 1. The topological polar surface area (TPSA) is 58.1 Å². The van der Waals surface area contributed by atoms with E-state index in [0.29, 0.717) is 11.8 Å². The molecule has 5 nitrogen and oxygen atoms in total. The Morgan fingerprint density at radius 3 is 2.42 bits per heavy atom. The SMILES string of the molecule is O=C(CN1CCC(c2nnc(C3CC3)s2)CC1)Nc1cc(F)ccc1F. The van der Waals surface area contributed by atoms with Gasteiger partial charge in [0, 0.05) is 17.9 Å². The van der Waals surface area contributed by atoms with Crippen LogP contribution in [-0.2, 0) is 4.79 Å². The fourth-order valence-corrected chi connectivity index (χ4v) is 4.41. The van der Waals surface area contributed by atoms with Crippen LogP contribution in [0, 0.1) is 11.6 Å². The first kappa shape index (κ1) is 17.5. The molecule has 0 spiro atoms. The van der Waals surface area contributed by atoms with E-state index in [1.165, 1.54) is 17.8 Å². The lowest BCUT2D eigenvalue weighted by atomic mass is 9.98. The molecule has 1 saturated heterocycles. The third-order valence-corrected chi connectivity index (χ3v) is 6.14. The van der Waals surface area contributed by atoms with Crippen LogP contribution in [0.15, 0.2) is 18.2 Å². The summed E-state index contributed by atoms with van der Waals surface area (Å²) in [5.41, 5.74) is -0.119. The summed E-state index contributed by atoms with van der Waals surface area (Å²) in [6.07, 6.45) is 4.32. The Bertz CT molecular complexity index is 800. The fraction of sp³-hybridized carbons (Fsp3) is 0.500. The lowest BCUT2D eigenvalue weighted by Crippen LogP contribution is -2.38. The Morgan fingerprint density at radius 1 is 1.12 bits per heavy atom. The number of anilines is 1. The van der Waals surface area contributed by atoms with Crippen LogP contribution in [0.3, 0.4) is 0 Å². The maximum atomic E-state index is 13.6. The summed E-state index contributed by atoms with van der Waals surface area (Å²) in [5.74, 6) is -0.514. The van der Waals surface area contributed by atoms with Crippen LogP contribution in [0.5, 0.6) is 0 Å². The van der Waals surface area contributed by atoms with Gasteiger partial charge in [0.25, 0.3) is 0 Å². The Balaban J connectivity index is 1.27. The van der Waals surface area contributed by atoms with E-state index in [-0.39, 0.29) is 18.1 Å². The Labute approximate surface area is 154 Å². The number of likely N-dealkylation sites (tertiary alicyclic amines) is 1. The normalized spacial score (nSPS) is 18.8. The van der Waals surface area contributed by atoms with Crippen LogP contribution in [0.1, 0.15) is 47.5 Å². The Hall–Kier alpha value is -1.93. The molecule has 1 amide bonds. The zero-order valence-electron chi connectivity index (χ0n) is 14.3. The van der Waals surface area contributed by atoms with Crippen molar-refractivity contribution in [3.63, 3.8) is 0 Å². The molecule has 2 aliphatic rings. The van der Waals surface area contributed by atoms with E-state index >= 15 is 0 Å². The maximum Gasteiger partial charge on any atom is 0.238 e. The van der Waals surface area contributed by atoms with Gasteiger partial charge in [-0.05, 0) is 50.9 Å². The van der Waals surface area contributed by atoms with E-state index < -0.39 is 11.6 Å². The van der Waals surface area contributed by atoms with Crippen molar-refractivity contribution in [2.24, 2.45) is 0 Å². The van der Waals surface area contributed by atoms with Crippen LogP contribution < -0.4 is 5.32 Å². The average molecular weight is 378 g/mol. The summed E-state index contributed by atoms with van der Waals surface area (Å²) in [6, 6.07) is 3.03. The van der Waals surface area contributed by atoms with Crippen molar-refractivity contribution in [1.82, 2.24) is 15.1 Å². The number of aromatic nitrogens is 2. The molecular weight excluding hydrogens is 358 g/mol. The second-order valence-corrected chi connectivity index (χ2v) is 8.02. The number of carbonyl (C=O) groups is 1. The van der Waals surface area contributed by atoms with Crippen molar-refractivity contribution in [2.45, 2.75) is 37.5 Å². The highest BCUT2D eigenvalue weighted by Gasteiger charge is 2.30. The van der Waals surface area contributed by atoms with Gasteiger partial charge in [0.15, 0.2) is 0 Å². The van der Waals surface area contributed by atoms with E-state index in [0.717, 1.165) is 49.1 Å². The number of rotatable bonds is 5. The standard InChI is InChI=1S/C18H20F2N4OS/c19-13-3-4-14(20)15(9-13)21-16(25)10-24-7-5-12(6-8-24)18-23-22-17(26-18)11-1-2-11/h3-4,9,11-12H,1-2,5-8,10H2,(H,21,25). The molecule has 0 radical (unpaired) electrons. The van der Waals surface area contributed by atoms with Crippen molar-refractivity contribution in [2.75, 3.05) is 25.0 Å². The lowest BCUT2D eigenvalue weighted by molar-refractivity contribution is -0.117. The molecule has 0 atom stereocenters. The van der Waals surface area contributed by atoms with Crippen molar-refractivity contribution >= 4 is 22.9 Å². The molecule has 1 saturated carbocycles. The molecule has 1 N–H and O–H groups in total. The van der Waals surface area contributed by atoms with Gasteiger partial charge < -0.3 is 5.32 Å². The van der Waals surface area contributed by atoms with Crippen LogP contribution in [0.2, 0.25) is 0 Å². The zero-order valence-corrected chi connectivity index (χ0v) is 15.1. The van der Waals surface area contributed by atoms with Gasteiger partial charge in [-0.3, -0.25) is 9.69 Å². The molecule has 26 heavy (non-hydrogen) atoms. The third-order valence-electron chi connectivity index (χ3n) is 4.89. The van der Waals surface area contributed by atoms with Gasteiger partial charge in [-0.1, -0.05) is 0 Å². The minimum atomic E-state index is -0.638. The summed E-state index contributed by atoms with van der Waals surface area (Å²) >= 11 is 1.73. The first-order chi connectivity index (χ1) is 12.6. The van der Waals surface area contributed by atoms with Crippen molar-refractivity contribution in [3.8, 4) is 0 Å². The summed E-state index contributed by atoms with van der Waals surface area (Å²) in [7, 11) is 0. The molecule has 4 rings (SSSR count). The minimum absolute atomic E-state index is 0.119. The number of hydrogen-bond donors (Lipinski definition) is 1. The first-order valence-electron chi connectivity index (χ1n) is 8.89. The monoisotopic (exact) mass is 378 g/mol. The van der Waals surface area contributed by atoms with E-state index in [4.69, 9.17) is 0 Å². The van der Waals surface area contributed by atoms with E-state index in [2.05, 4.69) is 15.5 Å². The van der Waals surface area contributed by atoms with Crippen molar-refractivity contribution in [1.29, 1.82) is 0 Å². The predicted molar refractivity (Wildman–Crippen MR) is 95.3 cm³/mol. The van der Waals surface area contributed by atoms with Gasteiger partial charge in [-0.2, -0.15) is 0 Å². The quantitative estimate of drug-likeness (QED) is 0.865. The number of benzene rings is 1. The summed E-state index contributed by atoms with van der Waals surface area (Å²) in [4.78, 5) is 14.2. The number of nitrogens with one attached hydrogen (secondary N) is 1. The number of amides is 1. The molecule has 138 valence electrons. The molecule has 2 aromatic rings. The van der Waals surface area contributed by atoms with E-state index in [1.54, 1.807) is 11.3 Å². The molecule has 1 aliphatic carbocycles. The molecule has 2 heterocycles. The van der Waals surface area contributed by atoms with Gasteiger partial charge in [-0.15, -0.1) is 21.5 Å². The van der Waals surface area contributed by atoms with E-state index in [9.17, 15) is 13.6 Å². The highest BCUT2D eigenvalue weighted by Crippen LogP contribution is 2.43. The van der Waals surface area contributed by atoms with Crippen molar-refractivity contribution < 1.29 is 13.6 Å². The van der Waals surface area contributed by atoms with Crippen LogP contribution >= 0.6 is 11.3 Å². The average Bonchev–Trinajstić information content (AvgIpc) is 3.36. The Morgan fingerprint density at radius 2 is 1.77 bits per heavy atom. The highest BCUT2D eigenvalue weighted by molar-refractivity contribution is 7.11.